The smallest absolute Gasteiger partial charge is 0.327 e. The summed E-state index contributed by atoms with van der Waals surface area (Å²) >= 11 is 0. The van der Waals surface area contributed by atoms with Crippen LogP contribution in [-0.4, -0.2) is 26.4 Å². The summed E-state index contributed by atoms with van der Waals surface area (Å²) in [5.74, 6) is -0.304. The third kappa shape index (κ3) is 3.18. The van der Waals surface area contributed by atoms with Gasteiger partial charge < -0.3 is 5.32 Å². The topological polar surface area (TPSA) is 108 Å². The minimum absolute atomic E-state index is 0.124. The molecular weight excluding hydrogens is 296 g/mol. The molecule has 0 aliphatic carbocycles. The zero-order chi connectivity index (χ0) is 17.2. The fourth-order valence-electron chi connectivity index (χ4n) is 2.79. The zero-order valence-corrected chi connectivity index (χ0v) is 13.9. The minimum atomic E-state index is -0.642. The number of hydrogen-bond acceptors (Lipinski definition) is 4. The monoisotopic (exact) mass is 318 g/mol. The Morgan fingerprint density at radius 3 is 2.35 bits per heavy atom. The largest absolute Gasteiger partial charge is 0.345 e. The maximum atomic E-state index is 12.6. The molecule has 0 unspecified atom stereocenters. The molecule has 0 aliphatic rings. The first-order valence-corrected chi connectivity index (χ1v) is 7.82. The molecular formula is C16H22N4O3. The van der Waals surface area contributed by atoms with Gasteiger partial charge in [0.1, 0.15) is 11.3 Å². The predicted octanol–water partition coefficient (Wildman–Crippen LogP) is 1.62. The third-order valence-electron chi connectivity index (χ3n) is 4.54. The fraction of sp³-hybridized carbons (Fsp3) is 0.500. The van der Waals surface area contributed by atoms with Crippen LogP contribution in [0.2, 0.25) is 0 Å². The molecule has 7 nitrogen and oxygen atoms in total. The van der Waals surface area contributed by atoms with Gasteiger partial charge >= 0.3 is 5.69 Å². The van der Waals surface area contributed by atoms with Crippen molar-refractivity contribution in [1.82, 2.24) is 20.3 Å². The van der Waals surface area contributed by atoms with Gasteiger partial charge in [0.25, 0.3) is 11.5 Å². The van der Waals surface area contributed by atoms with Crippen LogP contribution in [0, 0.1) is 6.92 Å². The Morgan fingerprint density at radius 2 is 1.78 bits per heavy atom. The van der Waals surface area contributed by atoms with Crippen LogP contribution in [0.5, 0.6) is 0 Å². The van der Waals surface area contributed by atoms with Crippen LogP contribution < -0.4 is 16.6 Å². The van der Waals surface area contributed by atoms with Crippen LogP contribution in [0.3, 0.4) is 0 Å². The highest BCUT2D eigenvalue weighted by Gasteiger charge is 2.27. The van der Waals surface area contributed by atoms with Crippen molar-refractivity contribution in [3.05, 3.63) is 38.2 Å². The molecule has 0 aliphatic heterocycles. The van der Waals surface area contributed by atoms with Crippen LogP contribution >= 0.6 is 0 Å². The molecule has 0 radical (unpaired) electrons. The first-order chi connectivity index (χ1) is 10.9. The Kier molecular flexibility index (Phi) is 4.68. The van der Waals surface area contributed by atoms with Gasteiger partial charge in [-0.05, 0) is 37.8 Å². The molecule has 2 aromatic rings. The first-order valence-electron chi connectivity index (χ1n) is 7.82. The van der Waals surface area contributed by atoms with Crippen LogP contribution in [-0.2, 0) is 0 Å². The van der Waals surface area contributed by atoms with Crippen molar-refractivity contribution in [3.63, 3.8) is 0 Å². The van der Waals surface area contributed by atoms with Crippen molar-refractivity contribution >= 4 is 16.9 Å². The maximum absolute atomic E-state index is 12.6. The lowest BCUT2D eigenvalue weighted by Crippen LogP contribution is -2.47. The molecule has 7 heteroatoms. The van der Waals surface area contributed by atoms with Crippen molar-refractivity contribution in [1.29, 1.82) is 0 Å². The average Bonchev–Trinajstić information content (AvgIpc) is 2.51. The van der Waals surface area contributed by atoms with E-state index < -0.39 is 11.2 Å². The number of aromatic amines is 2. The second-order valence-electron chi connectivity index (χ2n) is 5.75. The summed E-state index contributed by atoms with van der Waals surface area (Å²) in [4.78, 5) is 44.6. The van der Waals surface area contributed by atoms with Crippen LogP contribution in [0.1, 0.15) is 56.1 Å². The second kappa shape index (κ2) is 6.36. The zero-order valence-electron chi connectivity index (χ0n) is 13.9. The number of aromatic nitrogens is 3. The summed E-state index contributed by atoms with van der Waals surface area (Å²) in [5, 5.41) is 3.32. The molecule has 2 aromatic heterocycles. The number of hydrogen-bond donors (Lipinski definition) is 3. The summed E-state index contributed by atoms with van der Waals surface area (Å²) in [6.45, 7) is 7.80. The van der Waals surface area contributed by atoms with Gasteiger partial charge in [0.2, 0.25) is 0 Å². The Balaban J connectivity index is 2.50. The van der Waals surface area contributed by atoms with Crippen molar-refractivity contribution in [2.24, 2.45) is 0 Å². The Morgan fingerprint density at radius 1 is 1.17 bits per heavy atom. The average molecular weight is 318 g/mol. The Hall–Kier alpha value is -2.44. The highest BCUT2D eigenvalue weighted by atomic mass is 16.2. The molecule has 3 N–H and O–H groups in total. The predicted molar refractivity (Wildman–Crippen MR) is 88.8 cm³/mol. The van der Waals surface area contributed by atoms with E-state index in [1.165, 1.54) is 0 Å². The summed E-state index contributed by atoms with van der Waals surface area (Å²) in [6, 6.07) is 1.57. The van der Waals surface area contributed by atoms with Crippen molar-refractivity contribution in [2.45, 2.75) is 52.5 Å². The van der Waals surface area contributed by atoms with Crippen LogP contribution in [0.25, 0.3) is 11.0 Å². The van der Waals surface area contributed by atoms with Crippen LogP contribution in [0.4, 0.5) is 0 Å². The van der Waals surface area contributed by atoms with Gasteiger partial charge in [-0.25, -0.2) is 9.78 Å². The normalized spacial score (nSPS) is 11.7. The summed E-state index contributed by atoms with van der Waals surface area (Å²) in [6.07, 6.45) is 2.44. The summed E-state index contributed by atoms with van der Waals surface area (Å²) in [5.41, 5.74) is -0.520. The molecule has 0 saturated carbocycles. The number of nitrogens with one attached hydrogen (secondary N) is 3. The number of fused-ring (bicyclic) bond motifs is 1. The molecule has 23 heavy (non-hydrogen) atoms. The standard InChI is InChI=1S/C16H22N4O3/c1-5-16(6-2,7-3)20-13(21)10-8-9(4)11-12(17-10)18-15(23)19-14(11)22/h8H,5-7H2,1-4H3,(H,20,21)(H2,17,18,19,22,23). The number of carbonyl (C=O) groups excluding carboxylic acids is 1. The van der Waals surface area contributed by atoms with E-state index in [0.29, 0.717) is 5.56 Å². The highest BCUT2D eigenvalue weighted by Crippen LogP contribution is 2.20. The van der Waals surface area contributed by atoms with Crippen molar-refractivity contribution < 1.29 is 4.79 Å². The number of rotatable bonds is 5. The van der Waals surface area contributed by atoms with Gasteiger partial charge in [-0.15, -0.1) is 0 Å². The van der Waals surface area contributed by atoms with Crippen molar-refractivity contribution in [3.8, 4) is 0 Å². The maximum Gasteiger partial charge on any atom is 0.327 e. The SMILES string of the molecule is CCC(CC)(CC)NC(=O)c1cc(C)c2c(=O)[nH]c(=O)[nH]c2n1. The van der Waals surface area contributed by atoms with Gasteiger partial charge in [0.05, 0.1) is 5.39 Å². The van der Waals surface area contributed by atoms with E-state index in [1.807, 2.05) is 20.8 Å². The number of pyridine rings is 1. The molecule has 0 aromatic carbocycles. The number of amides is 1. The molecule has 2 rings (SSSR count). The number of nitrogens with zero attached hydrogens (tertiary/aromatic N) is 1. The third-order valence-corrected chi connectivity index (χ3v) is 4.54. The summed E-state index contributed by atoms with van der Waals surface area (Å²) in [7, 11) is 0. The van der Waals surface area contributed by atoms with Gasteiger partial charge in [-0.2, -0.15) is 0 Å². The second-order valence-corrected chi connectivity index (χ2v) is 5.75. The molecule has 124 valence electrons. The lowest BCUT2D eigenvalue weighted by molar-refractivity contribution is 0.0883. The summed E-state index contributed by atoms with van der Waals surface area (Å²) < 4.78 is 0. The minimum Gasteiger partial charge on any atom is -0.345 e. The van der Waals surface area contributed by atoms with E-state index in [1.54, 1.807) is 13.0 Å². The van der Waals surface area contributed by atoms with E-state index in [0.717, 1.165) is 19.3 Å². The fourth-order valence-corrected chi connectivity index (χ4v) is 2.79. The van der Waals surface area contributed by atoms with Gasteiger partial charge in [-0.1, -0.05) is 20.8 Å². The quantitative estimate of drug-likeness (QED) is 0.778. The van der Waals surface area contributed by atoms with Gasteiger partial charge in [-0.3, -0.25) is 19.6 Å². The van der Waals surface area contributed by atoms with E-state index in [9.17, 15) is 14.4 Å². The lowest BCUT2D eigenvalue weighted by Gasteiger charge is -2.31. The lowest BCUT2D eigenvalue weighted by atomic mass is 9.89. The molecule has 0 spiro atoms. The number of carbonyl (C=O) groups is 1. The molecule has 0 saturated heterocycles. The number of aryl methyl sites for hydroxylation is 1. The van der Waals surface area contributed by atoms with E-state index in [4.69, 9.17) is 0 Å². The molecule has 0 bridgehead atoms. The van der Waals surface area contributed by atoms with E-state index >= 15 is 0 Å². The highest BCUT2D eigenvalue weighted by molar-refractivity contribution is 5.95. The number of H-pyrrole nitrogens is 2. The van der Waals surface area contributed by atoms with Gasteiger partial charge in [0.15, 0.2) is 0 Å². The Labute approximate surface area is 133 Å². The molecule has 1 amide bonds. The van der Waals surface area contributed by atoms with Gasteiger partial charge in [0, 0.05) is 5.54 Å². The Bertz CT molecular complexity index is 838. The van der Waals surface area contributed by atoms with E-state index in [-0.39, 0.29) is 28.2 Å². The van der Waals surface area contributed by atoms with Crippen LogP contribution in [0.15, 0.2) is 15.7 Å². The molecule has 0 atom stereocenters. The molecule has 2 heterocycles. The molecule has 0 fully saturated rings. The van der Waals surface area contributed by atoms with E-state index in [2.05, 4.69) is 20.3 Å². The van der Waals surface area contributed by atoms with Crippen molar-refractivity contribution in [2.75, 3.05) is 0 Å². The first kappa shape index (κ1) is 16.9.